The zero-order chi connectivity index (χ0) is 14.8. The molecule has 1 fully saturated rings. The van der Waals surface area contributed by atoms with Crippen molar-refractivity contribution in [3.63, 3.8) is 0 Å². The van der Waals surface area contributed by atoms with Gasteiger partial charge in [0.25, 0.3) is 0 Å². The Bertz CT molecular complexity index is 679. The Hall–Kier alpha value is -2.34. The van der Waals surface area contributed by atoms with Crippen LogP contribution in [0, 0.1) is 0 Å². The summed E-state index contributed by atoms with van der Waals surface area (Å²) in [7, 11) is 0. The number of carboxylic acid groups (broad SMARTS) is 1. The molecule has 6 heteroatoms. The van der Waals surface area contributed by atoms with E-state index in [9.17, 15) is 14.7 Å². The van der Waals surface area contributed by atoms with Crippen molar-refractivity contribution < 1.29 is 19.4 Å². The number of carboxylic acids is 1. The second-order valence-electron chi connectivity index (χ2n) is 5.02. The number of hydrogen-bond acceptors (Lipinski definition) is 3. The number of aliphatic carboxylic acids is 1. The number of para-hydroxylation sites is 1. The smallest absolute Gasteiger partial charge is 0.328 e. The Morgan fingerprint density at radius 1 is 1.29 bits per heavy atom. The van der Waals surface area contributed by atoms with Crippen molar-refractivity contribution in [3.05, 3.63) is 36.5 Å². The lowest BCUT2D eigenvalue weighted by Crippen LogP contribution is -2.53. The molecular formula is C15H16N2O4. The Balaban J connectivity index is 1.80. The SMILES string of the molecule is O=C(O)C1COCCN1C(=O)Cn1ccc2ccccc21. The van der Waals surface area contributed by atoms with E-state index in [-0.39, 0.29) is 19.1 Å². The number of nitrogens with zero attached hydrogens (tertiary/aromatic N) is 2. The molecule has 2 heterocycles. The predicted molar refractivity (Wildman–Crippen MR) is 75.9 cm³/mol. The third-order valence-corrected chi connectivity index (χ3v) is 3.72. The molecule has 110 valence electrons. The van der Waals surface area contributed by atoms with E-state index in [2.05, 4.69) is 0 Å². The number of benzene rings is 1. The zero-order valence-electron chi connectivity index (χ0n) is 11.4. The molecule has 1 aliphatic rings. The number of carbonyl (C=O) groups excluding carboxylic acids is 1. The Morgan fingerprint density at radius 3 is 2.90 bits per heavy atom. The minimum atomic E-state index is -1.03. The molecule has 2 aromatic rings. The molecule has 1 unspecified atom stereocenters. The Labute approximate surface area is 121 Å². The number of rotatable bonds is 3. The average Bonchev–Trinajstić information content (AvgIpc) is 2.90. The first kappa shape index (κ1) is 13.6. The van der Waals surface area contributed by atoms with E-state index >= 15 is 0 Å². The first-order valence-corrected chi connectivity index (χ1v) is 6.81. The van der Waals surface area contributed by atoms with Crippen LogP contribution in [0.3, 0.4) is 0 Å². The van der Waals surface area contributed by atoms with E-state index in [0.29, 0.717) is 13.2 Å². The van der Waals surface area contributed by atoms with Crippen LogP contribution in [0.4, 0.5) is 0 Å². The molecule has 1 aromatic carbocycles. The maximum Gasteiger partial charge on any atom is 0.328 e. The van der Waals surface area contributed by atoms with Gasteiger partial charge in [-0.2, -0.15) is 0 Å². The summed E-state index contributed by atoms with van der Waals surface area (Å²) in [4.78, 5) is 25.0. The normalized spacial score (nSPS) is 18.9. The van der Waals surface area contributed by atoms with Crippen LogP contribution in [0.25, 0.3) is 10.9 Å². The highest BCUT2D eigenvalue weighted by atomic mass is 16.5. The van der Waals surface area contributed by atoms with Crippen molar-refractivity contribution >= 4 is 22.8 Å². The summed E-state index contributed by atoms with van der Waals surface area (Å²) < 4.78 is 6.99. The van der Waals surface area contributed by atoms with Gasteiger partial charge < -0.3 is 19.3 Å². The summed E-state index contributed by atoms with van der Waals surface area (Å²) in [6.45, 7) is 0.877. The molecule has 1 aliphatic heterocycles. The molecule has 0 radical (unpaired) electrons. The van der Waals surface area contributed by atoms with Crippen LogP contribution in [0.15, 0.2) is 36.5 Å². The van der Waals surface area contributed by atoms with Gasteiger partial charge in [-0.25, -0.2) is 4.79 Å². The average molecular weight is 288 g/mol. The maximum absolute atomic E-state index is 12.4. The molecule has 1 aromatic heterocycles. The van der Waals surface area contributed by atoms with E-state index in [1.165, 1.54) is 4.90 Å². The van der Waals surface area contributed by atoms with Crippen LogP contribution in [-0.4, -0.2) is 52.3 Å². The lowest BCUT2D eigenvalue weighted by Gasteiger charge is -2.33. The molecule has 1 N–H and O–H groups in total. The molecule has 1 saturated heterocycles. The Kier molecular flexibility index (Phi) is 3.62. The molecule has 1 atom stereocenters. The summed E-state index contributed by atoms with van der Waals surface area (Å²) in [5, 5.41) is 10.2. The van der Waals surface area contributed by atoms with Gasteiger partial charge in [-0.1, -0.05) is 18.2 Å². The van der Waals surface area contributed by atoms with Crippen molar-refractivity contribution in [3.8, 4) is 0 Å². The molecule has 6 nitrogen and oxygen atoms in total. The van der Waals surface area contributed by atoms with Crippen LogP contribution in [0.5, 0.6) is 0 Å². The lowest BCUT2D eigenvalue weighted by atomic mass is 10.2. The highest BCUT2D eigenvalue weighted by molar-refractivity contribution is 5.86. The predicted octanol–water partition coefficient (Wildman–Crippen LogP) is 0.953. The van der Waals surface area contributed by atoms with Crippen LogP contribution in [0.2, 0.25) is 0 Å². The number of amides is 1. The molecule has 0 saturated carbocycles. The van der Waals surface area contributed by atoms with Crippen LogP contribution in [-0.2, 0) is 20.9 Å². The van der Waals surface area contributed by atoms with E-state index < -0.39 is 12.0 Å². The van der Waals surface area contributed by atoms with Gasteiger partial charge in [0.2, 0.25) is 5.91 Å². The Morgan fingerprint density at radius 2 is 2.10 bits per heavy atom. The summed E-state index contributed by atoms with van der Waals surface area (Å²) in [6.07, 6.45) is 1.85. The third kappa shape index (κ3) is 2.62. The standard InChI is InChI=1S/C15H16N2O4/c18-14(17-7-8-21-10-13(17)15(19)20)9-16-6-5-11-3-1-2-4-12(11)16/h1-6,13H,7-10H2,(H,19,20). The van der Waals surface area contributed by atoms with Crippen molar-refractivity contribution in [2.75, 3.05) is 19.8 Å². The number of hydrogen-bond donors (Lipinski definition) is 1. The second-order valence-corrected chi connectivity index (χ2v) is 5.02. The zero-order valence-corrected chi connectivity index (χ0v) is 11.4. The summed E-state index contributed by atoms with van der Waals surface area (Å²) >= 11 is 0. The molecule has 0 bridgehead atoms. The summed E-state index contributed by atoms with van der Waals surface area (Å²) in [6, 6.07) is 8.82. The number of morpholine rings is 1. The molecule has 1 amide bonds. The van der Waals surface area contributed by atoms with Crippen LogP contribution < -0.4 is 0 Å². The first-order chi connectivity index (χ1) is 10.2. The van der Waals surface area contributed by atoms with Gasteiger partial charge in [-0.3, -0.25) is 4.79 Å². The van der Waals surface area contributed by atoms with Gasteiger partial charge in [0, 0.05) is 18.3 Å². The second kappa shape index (κ2) is 5.57. The fraction of sp³-hybridized carbons (Fsp3) is 0.333. The quantitative estimate of drug-likeness (QED) is 0.913. The summed E-state index contributed by atoms with van der Waals surface area (Å²) in [5.41, 5.74) is 0.964. The van der Waals surface area contributed by atoms with Crippen LogP contribution in [0.1, 0.15) is 0 Å². The number of fused-ring (bicyclic) bond motifs is 1. The molecule has 21 heavy (non-hydrogen) atoms. The van der Waals surface area contributed by atoms with Crippen molar-refractivity contribution in [2.45, 2.75) is 12.6 Å². The van der Waals surface area contributed by atoms with Gasteiger partial charge in [-0.15, -0.1) is 0 Å². The minimum absolute atomic E-state index is 0.0491. The van der Waals surface area contributed by atoms with Crippen molar-refractivity contribution in [1.29, 1.82) is 0 Å². The van der Waals surface area contributed by atoms with E-state index in [0.717, 1.165) is 10.9 Å². The number of aromatic nitrogens is 1. The first-order valence-electron chi connectivity index (χ1n) is 6.81. The van der Waals surface area contributed by atoms with Crippen LogP contribution >= 0.6 is 0 Å². The maximum atomic E-state index is 12.4. The van der Waals surface area contributed by atoms with Gasteiger partial charge in [-0.05, 0) is 17.5 Å². The van der Waals surface area contributed by atoms with Crippen molar-refractivity contribution in [2.24, 2.45) is 0 Å². The lowest BCUT2D eigenvalue weighted by molar-refractivity contribution is -0.158. The van der Waals surface area contributed by atoms with Crippen molar-refractivity contribution in [1.82, 2.24) is 9.47 Å². The van der Waals surface area contributed by atoms with E-state index in [4.69, 9.17) is 4.74 Å². The van der Waals surface area contributed by atoms with Gasteiger partial charge in [0.15, 0.2) is 6.04 Å². The van der Waals surface area contributed by atoms with Gasteiger partial charge >= 0.3 is 5.97 Å². The van der Waals surface area contributed by atoms with Gasteiger partial charge in [0.05, 0.1) is 13.2 Å². The molecule has 0 aliphatic carbocycles. The third-order valence-electron chi connectivity index (χ3n) is 3.72. The monoisotopic (exact) mass is 288 g/mol. The molecule has 3 rings (SSSR count). The number of carbonyl (C=O) groups is 2. The van der Waals surface area contributed by atoms with Gasteiger partial charge in [0.1, 0.15) is 6.54 Å². The highest BCUT2D eigenvalue weighted by Crippen LogP contribution is 2.16. The summed E-state index contributed by atoms with van der Waals surface area (Å²) in [5.74, 6) is -1.23. The molecule has 0 spiro atoms. The molecular weight excluding hydrogens is 272 g/mol. The highest BCUT2D eigenvalue weighted by Gasteiger charge is 2.32. The fourth-order valence-corrected chi connectivity index (χ4v) is 2.62. The largest absolute Gasteiger partial charge is 0.480 e. The topological polar surface area (TPSA) is 71.8 Å². The number of ether oxygens (including phenoxy) is 1. The van der Waals surface area contributed by atoms with E-state index in [1.54, 1.807) is 0 Å². The fourth-order valence-electron chi connectivity index (χ4n) is 2.62. The van der Waals surface area contributed by atoms with E-state index in [1.807, 2.05) is 41.1 Å². The minimum Gasteiger partial charge on any atom is -0.480 e.